The Labute approximate surface area is 181 Å². The number of esters is 1. The topological polar surface area (TPSA) is 26.3 Å². The van der Waals surface area contributed by atoms with Gasteiger partial charge in [-0.2, -0.15) is 0 Å². The van der Waals surface area contributed by atoms with Crippen LogP contribution in [0.15, 0.2) is 54.6 Å². The Morgan fingerprint density at radius 2 is 1.67 bits per heavy atom. The molecule has 160 valence electrons. The van der Waals surface area contributed by atoms with Gasteiger partial charge in [-0.1, -0.05) is 80.3 Å². The molecule has 0 N–H and O–H groups in total. The summed E-state index contributed by atoms with van der Waals surface area (Å²) in [5.41, 5.74) is 1.48. The van der Waals surface area contributed by atoms with Crippen LogP contribution in [0.5, 0.6) is 0 Å². The minimum absolute atomic E-state index is 0.0515. The maximum atomic E-state index is 12.2. The fourth-order valence-electron chi connectivity index (χ4n) is 7.44. The molecule has 0 aromatic heterocycles. The Morgan fingerprint density at radius 3 is 2.50 bits per heavy atom. The molecule has 0 bridgehead atoms. The molecule has 0 amide bonds. The molecule has 4 aliphatic rings. The summed E-state index contributed by atoms with van der Waals surface area (Å²) in [5.74, 6) is 5.07. The van der Waals surface area contributed by atoms with Crippen molar-refractivity contribution in [3.8, 4) is 0 Å². The predicted octanol–water partition coefficient (Wildman–Crippen LogP) is 6.23. The van der Waals surface area contributed by atoms with Crippen molar-refractivity contribution in [2.75, 3.05) is 7.11 Å². The van der Waals surface area contributed by atoms with E-state index in [1.807, 2.05) is 0 Å². The van der Waals surface area contributed by atoms with Crippen LogP contribution in [0, 0.1) is 47.3 Å². The highest BCUT2D eigenvalue weighted by Gasteiger charge is 2.62. The van der Waals surface area contributed by atoms with Gasteiger partial charge in [0.15, 0.2) is 0 Å². The predicted molar refractivity (Wildman–Crippen MR) is 121 cm³/mol. The number of methoxy groups -OCH3 is 1. The lowest BCUT2D eigenvalue weighted by Gasteiger charge is -2.54. The van der Waals surface area contributed by atoms with E-state index < -0.39 is 0 Å². The second-order valence-electron chi connectivity index (χ2n) is 10.1. The van der Waals surface area contributed by atoms with Gasteiger partial charge in [0.05, 0.1) is 13.0 Å². The van der Waals surface area contributed by atoms with Crippen LogP contribution in [0.1, 0.15) is 50.5 Å². The molecule has 1 aromatic rings. The quantitative estimate of drug-likeness (QED) is 0.277. The van der Waals surface area contributed by atoms with Gasteiger partial charge < -0.3 is 4.74 Å². The fourth-order valence-corrected chi connectivity index (χ4v) is 7.44. The molecule has 2 heteroatoms. The maximum absolute atomic E-state index is 12.2. The Kier molecular flexibility index (Phi) is 5.85. The fraction of sp³-hybridized carbons (Fsp3) is 0.607. The highest BCUT2D eigenvalue weighted by molar-refractivity contribution is 5.75. The zero-order valence-electron chi connectivity index (χ0n) is 18.3. The van der Waals surface area contributed by atoms with Gasteiger partial charge in [-0.05, 0) is 72.7 Å². The second-order valence-corrected chi connectivity index (χ2v) is 10.1. The van der Waals surface area contributed by atoms with E-state index in [-0.39, 0.29) is 11.9 Å². The van der Waals surface area contributed by atoms with Crippen LogP contribution < -0.4 is 0 Å². The molecule has 2 saturated carbocycles. The molecule has 0 radical (unpaired) electrons. The number of hydrogen-bond acceptors (Lipinski definition) is 2. The van der Waals surface area contributed by atoms with Crippen molar-refractivity contribution < 1.29 is 9.53 Å². The van der Waals surface area contributed by atoms with Gasteiger partial charge >= 0.3 is 5.97 Å². The van der Waals surface area contributed by atoms with Crippen LogP contribution in [0.3, 0.4) is 0 Å². The van der Waals surface area contributed by atoms with Gasteiger partial charge in [0, 0.05) is 0 Å². The Hall–Kier alpha value is -1.83. The van der Waals surface area contributed by atoms with E-state index in [2.05, 4.69) is 54.6 Å². The normalized spacial score (nSPS) is 37.5. The lowest BCUT2D eigenvalue weighted by molar-refractivity contribution is -0.146. The van der Waals surface area contributed by atoms with E-state index in [9.17, 15) is 4.79 Å². The SMILES string of the molecule is COC(=O)[C@@H]1C=C[C@@H]2C[C@H]3[C@@H](CCCCCCCc4ccccc4)[C@H]4C=C[C@@H]1[C@@H]2[C@H]43. The van der Waals surface area contributed by atoms with E-state index in [1.54, 1.807) is 0 Å². The van der Waals surface area contributed by atoms with Gasteiger partial charge in [-0.25, -0.2) is 0 Å². The lowest BCUT2D eigenvalue weighted by Crippen LogP contribution is -2.50. The maximum Gasteiger partial charge on any atom is 0.313 e. The van der Waals surface area contributed by atoms with Crippen molar-refractivity contribution in [1.29, 1.82) is 0 Å². The first-order chi connectivity index (χ1) is 14.8. The zero-order valence-corrected chi connectivity index (χ0v) is 18.3. The first-order valence-corrected chi connectivity index (χ1v) is 12.3. The smallest absolute Gasteiger partial charge is 0.313 e. The van der Waals surface area contributed by atoms with E-state index in [1.165, 1.54) is 64.0 Å². The third-order valence-corrected chi connectivity index (χ3v) is 8.77. The van der Waals surface area contributed by atoms with Crippen LogP contribution in [0.25, 0.3) is 0 Å². The first-order valence-electron chi connectivity index (χ1n) is 12.3. The number of benzene rings is 1. The molecule has 0 spiro atoms. The van der Waals surface area contributed by atoms with Gasteiger partial charge in [0.2, 0.25) is 0 Å². The number of carbonyl (C=O) groups is 1. The van der Waals surface area contributed by atoms with Crippen molar-refractivity contribution in [2.45, 2.75) is 51.4 Å². The Balaban J connectivity index is 1.08. The molecule has 0 aliphatic heterocycles. The van der Waals surface area contributed by atoms with E-state index in [4.69, 9.17) is 4.74 Å². The molecule has 30 heavy (non-hydrogen) atoms. The van der Waals surface area contributed by atoms with Gasteiger partial charge in [-0.3, -0.25) is 4.79 Å². The summed E-state index contributed by atoms with van der Waals surface area (Å²) in [6.07, 6.45) is 20.2. The third kappa shape index (κ3) is 3.57. The highest BCUT2D eigenvalue weighted by atomic mass is 16.5. The summed E-state index contributed by atoms with van der Waals surface area (Å²) in [7, 11) is 1.52. The molecule has 2 fully saturated rings. The molecule has 4 aliphatic carbocycles. The number of carbonyl (C=O) groups excluding carboxylic acids is 1. The number of allylic oxidation sites excluding steroid dienone is 3. The third-order valence-electron chi connectivity index (χ3n) is 8.77. The summed E-state index contributed by atoms with van der Waals surface area (Å²) in [6, 6.07) is 10.9. The standard InChI is InChI=1S/C28H36O2/c1-30-28(29)24-15-14-20-18-25-21(22-16-17-23(24)26(20)27(22)25)13-9-4-2-3-6-10-19-11-7-5-8-12-19/h5,7-8,11-12,14-17,20-27H,2-4,6,9-10,13,18H2,1H3/t20-,21+,22-,23+,24-,25+,26-,27-/m1/s1. The van der Waals surface area contributed by atoms with Crippen molar-refractivity contribution in [2.24, 2.45) is 47.3 Å². The van der Waals surface area contributed by atoms with Crippen LogP contribution >= 0.6 is 0 Å². The number of aryl methyl sites for hydroxylation is 1. The summed E-state index contributed by atoms with van der Waals surface area (Å²) >= 11 is 0. The van der Waals surface area contributed by atoms with E-state index in [0.717, 1.165) is 23.7 Å². The van der Waals surface area contributed by atoms with Crippen molar-refractivity contribution in [1.82, 2.24) is 0 Å². The Morgan fingerprint density at radius 1 is 0.900 bits per heavy atom. The minimum atomic E-state index is -0.0536. The highest BCUT2D eigenvalue weighted by Crippen LogP contribution is 2.67. The molecule has 5 rings (SSSR count). The monoisotopic (exact) mass is 404 g/mol. The summed E-state index contributed by atoms with van der Waals surface area (Å²) in [6.45, 7) is 0. The molecule has 8 atom stereocenters. The second kappa shape index (κ2) is 8.73. The molecule has 0 heterocycles. The minimum Gasteiger partial charge on any atom is -0.469 e. The number of ether oxygens (including phenoxy) is 1. The van der Waals surface area contributed by atoms with Crippen molar-refractivity contribution in [3.63, 3.8) is 0 Å². The zero-order chi connectivity index (χ0) is 20.5. The molecule has 0 saturated heterocycles. The van der Waals surface area contributed by atoms with E-state index >= 15 is 0 Å². The van der Waals surface area contributed by atoms with Gasteiger partial charge in [0.1, 0.15) is 0 Å². The summed E-state index contributed by atoms with van der Waals surface area (Å²) in [5, 5.41) is 0. The number of rotatable bonds is 9. The molecular formula is C28H36O2. The first kappa shape index (κ1) is 20.1. The Bertz CT molecular complexity index is 794. The average molecular weight is 405 g/mol. The van der Waals surface area contributed by atoms with Crippen LogP contribution in [0.4, 0.5) is 0 Å². The lowest BCUT2D eigenvalue weighted by atomic mass is 9.50. The number of unbranched alkanes of at least 4 members (excludes halogenated alkanes) is 4. The molecule has 1 aromatic carbocycles. The molecule has 2 nitrogen and oxygen atoms in total. The van der Waals surface area contributed by atoms with Gasteiger partial charge in [0.25, 0.3) is 0 Å². The summed E-state index contributed by atoms with van der Waals surface area (Å²) < 4.78 is 5.08. The average Bonchev–Trinajstić information content (AvgIpc) is 3.13. The summed E-state index contributed by atoms with van der Waals surface area (Å²) in [4.78, 5) is 12.2. The molecular weight excluding hydrogens is 368 g/mol. The van der Waals surface area contributed by atoms with Gasteiger partial charge in [-0.15, -0.1) is 0 Å². The van der Waals surface area contributed by atoms with Crippen LogP contribution in [-0.4, -0.2) is 13.1 Å². The number of hydrogen-bond donors (Lipinski definition) is 0. The van der Waals surface area contributed by atoms with Crippen molar-refractivity contribution >= 4 is 5.97 Å². The van der Waals surface area contributed by atoms with Crippen LogP contribution in [-0.2, 0) is 16.0 Å². The molecule has 0 unspecified atom stereocenters. The van der Waals surface area contributed by atoms with Crippen LogP contribution in [0.2, 0.25) is 0 Å². The van der Waals surface area contributed by atoms with E-state index in [0.29, 0.717) is 17.8 Å². The largest absolute Gasteiger partial charge is 0.469 e. The van der Waals surface area contributed by atoms with Crippen molar-refractivity contribution in [3.05, 3.63) is 60.2 Å².